The third-order valence-electron chi connectivity index (χ3n) is 3.35. The molecule has 3 N–H and O–H groups in total. The van der Waals surface area contributed by atoms with Gasteiger partial charge in [-0.2, -0.15) is 0 Å². The second kappa shape index (κ2) is 7.26. The number of aromatic nitrogens is 1. The Hall–Kier alpha value is -2.68. The van der Waals surface area contributed by atoms with Crippen LogP contribution in [-0.2, 0) is 20.7 Å². The molecule has 0 aromatic carbocycles. The fraction of sp³-hybridized carbons (Fsp3) is 0.333. The molecule has 2 amide bonds. The number of rotatable bonds is 6. The van der Waals surface area contributed by atoms with Gasteiger partial charge in [-0.3, -0.25) is 14.4 Å². The van der Waals surface area contributed by atoms with Crippen LogP contribution in [0.2, 0.25) is 0 Å². The Labute approximate surface area is 142 Å². The quantitative estimate of drug-likeness (QED) is 0.761. The first-order chi connectivity index (χ1) is 11.3. The molecule has 9 heteroatoms. The molecule has 2 aromatic heterocycles. The number of hydrogen-bond acceptors (Lipinski definition) is 7. The van der Waals surface area contributed by atoms with Crippen LogP contribution in [0.25, 0.3) is 0 Å². The number of amides is 2. The predicted molar refractivity (Wildman–Crippen MR) is 86.7 cm³/mol. The molecule has 0 aliphatic heterocycles. The Morgan fingerprint density at radius 1 is 1.42 bits per heavy atom. The SMILES string of the molecule is Cc1noc(C)c1CC(=O)OC(C)C(=O)Nc1sccc1C(N)=O. The molecule has 128 valence electrons. The van der Waals surface area contributed by atoms with Gasteiger partial charge in [-0.1, -0.05) is 5.16 Å². The maximum Gasteiger partial charge on any atom is 0.311 e. The van der Waals surface area contributed by atoms with Crippen molar-refractivity contribution in [3.05, 3.63) is 34.0 Å². The van der Waals surface area contributed by atoms with E-state index in [4.69, 9.17) is 15.0 Å². The van der Waals surface area contributed by atoms with E-state index in [0.717, 1.165) is 11.3 Å². The van der Waals surface area contributed by atoms with Crippen LogP contribution in [0.4, 0.5) is 5.00 Å². The van der Waals surface area contributed by atoms with Crippen LogP contribution >= 0.6 is 11.3 Å². The lowest BCUT2D eigenvalue weighted by Crippen LogP contribution is -2.31. The molecular weight excluding hydrogens is 334 g/mol. The van der Waals surface area contributed by atoms with Crippen molar-refractivity contribution < 1.29 is 23.6 Å². The van der Waals surface area contributed by atoms with Crippen molar-refractivity contribution in [2.24, 2.45) is 5.73 Å². The van der Waals surface area contributed by atoms with Crippen LogP contribution in [0.15, 0.2) is 16.0 Å². The highest BCUT2D eigenvalue weighted by Crippen LogP contribution is 2.23. The highest BCUT2D eigenvalue weighted by molar-refractivity contribution is 7.14. The van der Waals surface area contributed by atoms with Crippen molar-refractivity contribution >= 4 is 34.1 Å². The van der Waals surface area contributed by atoms with E-state index in [2.05, 4.69) is 10.5 Å². The van der Waals surface area contributed by atoms with Gasteiger partial charge in [-0.25, -0.2) is 0 Å². The van der Waals surface area contributed by atoms with Crippen LogP contribution in [0.3, 0.4) is 0 Å². The van der Waals surface area contributed by atoms with Crippen molar-refractivity contribution in [1.29, 1.82) is 0 Å². The standard InChI is InChI=1S/C15H17N3O5S/c1-7-11(8(2)23-18-7)6-12(19)22-9(3)14(21)17-15-10(13(16)20)4-5-24-15/h4-5,9H,6H2,1-3H3,(H2,16,20)(H,17,21). The summed E-state index contributed by atoms with van der Waals surface area (Å²) in [4.78, 5) is 35.3. The maximum absolute atomic E-state index is 12.1. The van der Waals surface area contributed by atoms with Crippen molar-refractivity contribution in [2.75, 3.05) is 5.32 Å². The average molecular weight is 351 g/mol. The average Bonchev–Trinajstić information content (AvgIpc) is 3.09. The normalized spacial score (nSPS) is 11.8. The summed E-state index contributed by atoms with van der Waals surface area (Å²) < 4.78 is 10.1. The van der Waals surface area contributed by atoms with Crippen LogP contribution in [0.5, 0.6) is 0 Å². The molecule has 0 spiro atoms. The minimum absolute atomic E-state index is 0.0374. The van der Waals surface area contributed by atoms with Gasteiger partial charge in [-0.15, -0.1) is 11.3 Å². The molecule has 2 aromatic rings. The molecule has 0 radical (unpaired) electrons. The van der Waals surface area contributed by atoms with Crippen molar-refractivity contribution in [3.8, 4) is 0 Å². The Kier molecular flexibility index (Phi) is 5.35. The molecule has 0 bridgehead atoms. The van der Waals surface area contributed by atoms with E-state index in [1.807, 2.05) is 0 Å². The van der Waals surface area contributed by atoms with Crippen LogP contribution in [0.1, 0.15) is 34.3 Å². The Balaban J connectivity index is 1.95. The zero-order valence-electron chi connectivity index (χ0n) is 13.4. The van der Waals surface area contributed by atoms with E-state index in [1.165, 1.54) is 13.0 Å². The summed E-state index contributed by atoms with van der Waals surface area (Å²) in [6.45, 7) is 4.86. The molecule has 0 aliphatic carbocycles. The second-order valence-corrected chi connectivity index (χ2v) is 6.04. The highest BCUT2D eigenvalue weighted by Gasteiger charge is 2.22. The van der Waals surface area contributed by atoms with Gasteiger partial charge in [0, 0.05) is 5.56 Å². The minimum Gasteiger partial charge on any atom is -0.452 e. The van der Waals surface area contributed by atoms with Crippen LogP contribution < -0.4 is 11.1 Å². The molecule has 0 fully saturated rings. The fourth-order valence-corrected chi connectivity index (χ4v) is 2.80. The highest BCUT2D eigenvalue weighted by atomic mass is 32.1. The first-order valence-corrected chi connectivity index (χ1v) is 7.97. The number of nitrogens with zero attached hydrogens (tertiary/aromatic N) is 1. The first kappa shape index (κ1) is 17.7. The summed E-state index contributed by atoms with van der Waals surface area (Å²) in [5.41, 5.74) is 6.67. The summed E-state index contributed by atoms with van der Waals surface area (Å²) in [6.07, 6.45) is -1.06. The van der Waals surface area contributed by atoms with E-state index in [1.54, 1.807) is 19.2 Å². The Morgan fingerprint density at radius 2 is 2.12 bits per heavy atom. The van der Waals surface area contributed by atoms with Gasteiger partial charge in [0.05, 0.1) is 17.7 Å². The van der Waals surface area contributed by atoms with E-state index in [0.29, 0.717) is 22.0 Å². The number of primary amides is 1. The monoisotopic (exact) mass is 351 g/mol. The van der Waals surface area contributed by atoms with Crippen molar-refractivity contribution in [1.82, 2.24) is 5.16 Å². The summed E-state index contributed by atoms with van der Waals surface area (Å²) in [5.74, 6) is -1.23. The topological polar surface area (TPSA) is 125 Å². The van der Waals surface area contributed by atoms with Gasteiger partial charge in [-0.05, 0) is 32.2 Å². The lowest BCUT2D eigenvalue weighted by Gasteiger charge is -2.13. The lowest BCUT2D eigenvalue weighted by atomic mass is 10.1. The van der Waals surface area contributed by atoms with E-state index in [-0.39, 0.29) is 12.0 Å². The fourth-order valence-electron chi connectivity index (χ4n) is 2.00. The van der Waals surface area contributed by atoms with E-state index in [9.17, 15) is 14.4 Å². The summed E-state index contributed by atoms with van der Waals surface area (Å²) in [7, 11) is 0. The van der Waals surface area contributed by atoms with Gasteiger partial charge in [0.15, 0.2) is 6.10 Å². The smallest absolute Gasteiger partial charge is 0.311 e. The number of nitrogens with one attached hydrogen (secondary N) is 1. The summed E-state index contributed by atoms with van der Waals surface area (Å²) in [6, 6.07) is 1.51. The first-order valence-electron chi connectivity index (χ1n) is 7.09. The molecule has 2 heterocycles. The number of hydrogen-bond donors (Lipinski definition) is 2. The number of ether oxygens (including phenoxy) is 1. The molecule has 24 heavy (non-hydrogen) atoms. The van der Waals surface area contributed by atoms with Crippen molar-refractivity contribution in [3.63, 3.8) is 0 Å². The van der Waals surface area contributed by atoms with E-state index < -0.39 is 23.9 Å². The minimum atomic E-state index is -1.03. The van der Waals surface area contributed by atoms with Crippen LogP contribution in [-0.4, -0.2) is 29.0 Å². The largest absolute Gasteiger partial charge is 0.452 e. The third kappa shape index (κ3) is 3.99. The Morgan fingerprint density at radius 3 is 2.71 bits per heavy atom. The number of anilines is 1. The number of nitrogens with two attached hydrogens (primary N) is 1. The van der Waals surface area contributed by atoms with Crippen molar-refractivity contribution in [2.45, 2.75) is 33.3 Å². The molecular formula is C15H17N3O5S. The zero-order valence-corrected chi connectivity index (χ0v) is 14.2. The van der Waals surface area contributed by atoms with Gasteiger partial charge in [0.25, 0.3) is 11.8 Å². The van der Waals surface area contributed by atoms with E-state index >= 15 is 0 Å². The summed E-state index contributed by atoms with van der Waals surface area (Å²) >= 11 is 1.16. The molecule has 8 nitrogen and oxygen atoms in total. The molecule has 2 rings (SSSR count). The molecule has 1 atom stereocenters. The number of carbonyl (C=O) groups is 3. The number of esters is 1. The van der Waals surface area contributed by atoms with Gasteiger partial charge < -0.3 is 20.3 Å². The molecule has 1 unspecified atom stereocenters. The van der Waals surface area contributed by atoms with Gasteiger partial charge in [0.1, 0.15) is 10.8 Å². The third-order valence-corrected chi connectivity index (χ3v) is 4.18. The molecule has 0 saturated carbocycles. The molecule has 0 saturated heterocycles. The van der Waals surface area contributed by atoms with Crippen LogP contribution in [0, 0.1) is 13.8 Å². The van der Waals surface area contributed by atoms with Gasteiger partial charge in [0.2, 0.25) is 0 Å². The number of thiophene rings is 1. The summed E-state index contributed by atoms with van der Waals surface area (Å²) in [5, 5.41) is 8.23. The van der Waals surface area contributed by atoms with Gasteiger partial charge >= 0.3 is 5.97 Å². The number of carbonyl (C=O) groups excluding carboxylic acids is 3. The predicted octanol–water partition coefficient (Wildman–Crippen LogP) is 1.56. The zero-order chi connectivity index (χ0) is 17.9. The number of aryl methyl sites for hydroxylation is 2. The maximum atomic E-state index is 12.1. The second-order valence-electron chi connectivity index (χ2n) is 5.13. The molecule has 0 aliphatic rings. The Bertz CT molecular complexity index is 760. The lowest BCUT2D eigenvalue weighted by molar-refractivity contribution is -0.152.